The summed E-state index contributed by atoms with van der Waals surface area (Å²) in [4.78, 5) is 24.2. The van der Waals surface area contributed by atoms with E-state index in [4.69, 9.17) is 0 Å². The van der Waals surface area contributed by atoms with Crippen LogP contribution in [-0.4, -0.2) is 48.4 Å². The maximum atomic E-state index is 12.5. The number of carbonyl (C=O) groups is 1. The van der Waals surface area contributed by atoms with Crippen LogP contribution in [0.4, 0.5) is 0 Å². The van der Waals surface area contributed by atoms with Gasteiger partial charge >= 0.3 is 0 Å². The minimum absolute atomic E-state index is 0. The van der Waals surface area contributed by atoms with Crippen LogP contribution in [0.5, 0.6) is 0 Å². The van der Waals surface area contributed by atoms with Gasteiger partial charge in [0, 0.05) is 44.2 Å². The van der Waals surface area contributed by atoms with Crippen molar-refractivity contribution in [3.8, 4) is 0 Å². The smallest absolute Gasteiger partial charge is 0.242 e. The Morgan fingerprint density at radius 2 is 1.96 bits per heavy atom. The molecule has 0 aliphatic carbocycles. The summed E-state index contributed by atoms with van der Waals surface area (Å²) < 4.78 is 0. The van der Waals surface area contributed by atoms with Crippen LogP contribution in [0.3, 0.4) is 0 Å². The Kier molecular flexibility index (Phi) is 11.7. The first-order chi connectivity index (χ1) is 13.2. The van der Waals surface area contributed by atoms with Crippen molar-refractivity contribution < 1.29 is 4.79 Å². The van der Waals surface area contributed by atoms with Crippen molar-refractivity contribution in [2.24, 2.45) is 4.99 Å². The lowest BCUT2D eigenvalue weighted by Gasteiger charge is -2.22. The molecular formula is C20H30IN5OS. The molecule has 2 rings (SSSR count). The van der Waals surface area contributed by atoms with Gasteiger partial charge in [0.25, 0.3) is 0 Å². The second-order valence-electron chi connectivity index (χ2n) is 6.07. The summed E-state index contributed by atoms with van der Waals surface area (Å²) in [5.74, 6) is 0.684. The predicted octanol–water partition coefficient (Wildman–Crippen LogP) is 3.08. The van der Waals surface area contributed by atoms with Gasteiger partial charge in [0.05, 0.1) is 11.6 Å². The molecule has 0 saturated carbocycles. The number of nitrogens with zero attached hydrogens (tertiary/aromatic N) is 3. The summed E-state index contributed by atoms with van der Waals surface area (Å²) in [6.45, 7) is 6.37. The zero-order chi connectivity index (χ0) is 19.5. The Morgan fingerprint density at radius 1 is 1.21 bits per heavy atom. The third kappa shape index (κ3) is 8.14. The lowest BCUT2D eigenvalue weighted by Crippen LogP contribution is -2.44. The van der Waals surface area contributed by atoms with Crippen molar-refractivity contribution in [2.75, 3.05) is 26.7 Å². The molecule has 28 heavy (non-hydrogen) atoms. The summed E-state index contributed by atoms with van der Waals surface area (Å²) in [6, 6.07) is 10.0. The molecule has 154 valence electrons. The fraction of sp³-hybridized carbons (Fsp3) is 0.450. The fourth-order valence-corrected chi connectivity index (χ4v) is 3.45. The van der Waals surface area contributed by atoms with E-state index in [0.717, 1.165) is 30.0 Å². The van der Waals surface area contributed by atoms with Gasteiger partial charge in [-0.3, -0.25) is 9.79 Å². The van der Waals surface area contributed by atoms with Crippen molar-refractivity contribution in [1.82, 2.24) is 20.5 Å². The van der Waals surface area contributed by atoms with Crippen LogP contribution in [0.25, 0.3) is 0 Å². The summed E-state index contributed by atoms with van der Waals surface area (Å²) in [5, 5.41) is 7.46. The van der Waals surface area contributed by atoms with Crippen LogP contribution >= 0.6 is 35.3 Å². The average Bonchev–Trinajstić information content (AvgIpc) is 3.17. The zero-order valence-electron chi connectivity index (χ0n) is 16.8. The maximum Gasteiger partial charge on any atom is 0.242 e. The third-order valence-corrected chi connectivity index (χ3v) is 5.36. The summed E-state index contributed by atoms with van der Waals surface area (Å²) in [5.41, 5.74) is 1.13. The summed E-state index contributed by atoms with van der Waals surface area (Å²) in [6.07, 6.45) is 3.81. The number of halogens is 1. The Bertz CT molecular complexity index is 735. The van der Waals surface area contributed by atoms with Crippen molar-refractivity contribution in [3.63, 3.8) is 0 Å². The number of aromatic nitrogens is 1. The first kappa shape index (κ1) is 24.4. The minimum Gasteiger partial charge on any atom is -0.356 e. The highest BCUT2D eigenvalue weighted by Crippen LogP contribution is 2.13. The molecule has 0 aliphatic rings. The Morgan fingerprint density at radius 3 is 2.57 bits per heavy atom. The van der Waals surface area contributed by atoms with Crippen LogP contribution in [0.15, 0.2) is 41.5 Å². The van der Waals surface area contributed by atoms with E-state index in [1.54, 1.807) is 18.4 Å². The molecule has 0 radical (unpaired) electrons. The first-order valence-electron chi connectivity index (χ1n) is 9.36. The van der Waals surface area contributed by atoms with Gasteiger partial charge in [-0.15, -0.1) is 35.3 Å². The number of benzene rings is 1. The van der Waals surface area contributed by atoms with E-state index in [1.165, 1.54) is 4.88 Å². The Hall–Kier alpha value is -1.68. The number of hydrogen-bond acceptors (Lipinski definition) is 4. The number of aryl methyl sites for hydroxylation is 1. The topological polar surface area (TPSA) is 69.6 Å². The van der Waals surface area contributed by atoms with E-state index < -0.39 is 0 Å². The van der Waals surface area contributed by atoms with Crippen molar-refractivity contribution >= 4 is 47.2 Å². The zero-order valence-corrected chi connectivity index (χ0v) is 19.9. The summed E-state index contributed by atoms with van der Waals surface area (Å²) >= 11 is 1.75. The fourth-order valence-electron chi connectivity index (χ4n) is 2.59. The molecular weight excluding hydrogens is 485 g/mol. The van der Waals surface area contributed by atoms with E-state index in [0.29, 0.717) is 19.0 Å². The van der Waals surface area contributed by atoms with E-state index >= 15 is 0 Å². The molecule has 2 N–H and O–H groups in total. The standard InChI is InChI=1S/C20H29N5OS.HI/c1-4-17-13-23-18(27-17)11-12-22-20(21-3)24-14-19(26)25(5-2)15-16-9-7-6-8-10-16;/h6-10,13H,4-5,11-12,14-15H2,1-3H3,(H2,21,22,24);1H. The summed E-state index contributed by atoms with van der Waals surface area (Å²) in [7, 11) is 1.71. The molecule has 2 aromatic rings. The normalized spacial score (nSPS) is 10.9. The number of carbonyl (C=O) groups excluding carboxylic acids is 1. The van der Waals surface area contributed by atoms with Gasteiger partial charge in [-0.05, 0) is 18.9 Å². The van der Waals surface area contributed by atoms with Crippen LogP contribution < -0.4 is 10.6 Å². The van der Waals surface area contributed by atoms with Gasteiger partial charge in [0.2, 0.25) is 5.91 Å². The molecule has 1 aromatic carbocycles. The van der Waals surface area contributed by atoms with Crippen molar-refractivity contribution in [2.45, 2.75) is 33.2 Å². The molecule has 6 nitrogen and oxygen atoms in total. The lowest BCUT2D eigenvalue weighted by molar-refractivity contribution is -0.130. The monoisotopic (exact) mass is 515 g/mol. The molecule has 0 bridgehead atoms. The SMILES string of the molecule is CCc1cnc(CCNC(=NC)NCC(=O)N(CC)Cc2ccccc2)s1.I. The number of aliphatic imine (C=N–C) groups is 1. The van der Waals surface area contributed by atoms with Gasteiger partial charge < -0.3 is 15.5 Å². The molecule has 0 spiro atoms. The maximum absolute atomic E-state index is 12.5. The molecule has 0 aliphatic heterocycles. The lowest BCUT2D eigenvalue weighted by atomic mass is 10.2. The highest BCUT2D eigenvalue weighted by atomic mass is 127. The quantitative estimate of drug-likeness (QED) is 0.306. The molecule has 1 heterocycles. The number of thiazole rings is 1. The number of hydrogen-bond donors (Lipinski definition) is 2. The second kappa shape index (κ2) is 13.5. The molecule has 8 heteroatoms. The van der Waals surface area contributed by atoms with Gasteiger partial charge in [-0.25, -0.2) is 4.98 Å². The van der Waals surface area contributed by atoms with E-state index in [2.05, 4.69) is 27.5 Å². The highest BCUT2D eigenvalue weighted by molar-refractivity contribution is 14.0. The molecule has 0 unspecified atom stereocenters. The molecule has 0 saturated heterocycles. The molecule has 1 amide bonds. The minimum atomic E-state index is 0. The molecule has 0 atom stereocenters. The molecule has 0 fully saturated rings. The number of guanidine groups is 1. The third-order valence-electron chi connectivity index (χ3n) is 4.16. The first-order valence-corrected chi connectivity index (χ1v) is 10.2. The van der Waals surface area contributed by atoms with Gasteiger partial charge in [0.1, 0.15) is 0 Å². The number of nitrogens with one attached hydrogen (secondary N) is 2. The van der Waals surface area contributed by atoms with Gasteiger partial charge in [-0.1, -0.05) is 37.3 Å². The Balaban J connectivity index is 0.00000392. The van der Waals surface area contributed by atoms with Crippen LogP contribution in [-0.2, 0) is 24.2 Å². The van der Waals surface area contributed by atoms with E-state index in [9.17, 15) is 4.79 Å². The van der Waals surface area contributed by atoms with Crippen molar-refractivity contribution in [1.29, 1.82) is 0 Å². The Labute approximate surface area is 188 Å². The van der Waals surface area contributed by atoms with Crippen molar-refractivity contribution in [3.05, 3.63) is 52.0 Å². The molecule has 1 aromatic heterocycles. The number of amides is 1. The average molecular weight is 515 g/mol. The van der Waals surface area contributed by atoms with Crippen LogP contribution in [0, 0.1) is 0 Å². The predicted molar refractivity (Wildman–Crippen MR) is 128 cm³/mol. The van der Waals surface area contributed by atoms with E-state index in [1.807, 2.05) is 48.4 Å². The second-order valence-corrected chi connectivity index (χ2v) is 7.27. The highest BCUT2D eigenvalue weighted by Gasteiger charge is 2.12. The van der Waals surface area contributed by atoms with Gasteiger partial charge in [-0.2, -0.15) is 0 Å². The largest absolute Gasteiger partial charge is 0.356 e. The van der Waals surface area contributed by atoms with E-state index in [-0.39, 0.29) is 36.4 Å². The number of likely N-dealkylation sites (N-methyl/N-ethyl adjacent to an activating group) is 1. The van der Waals surface area contributed by atoms with Crippen LogP contribution in [0.2, 0.25) is 0 Å². The van der Waals surface area contributed by atoms with Gasteiger partial charge in [0.15, 0.2) is 5.96 Å². The number of rotatable bonds is 9. The van der Waals surface area contributed by atoms with Crippen LogP contribution in [0.1, 0.15) is 29.3 Å².